The highest BCUT2D eigenvalue weighted by molar-refractivity contribution is 6.23. The molecule has 7 rings (SSSR count). The van der Waals surface area contributed by atoms with Gasteiger partial charge in [0.2, 0.25) is 0 Å². The molecule has 0 saturated carbocycles. The Morgan fingerprint density at radius 3 is 1.72 bits per heavy atom. The first-order valence-electron chi connectivity index (χ1n) is 14.9. The van der Waals surface area contributed by atoms with Gasteiger partial charge in [0.1, 0.15) is 0 Å². The van der Waals surface area contributed by atoms with Crippen LogP contribution in [0, 0.1) is 0 Å². The SMILES string of the molecule is C=C/C=C\CC=Cc1cccc2c(-c3c4ccccc4c(-c4cccc(-c5ccccc5)c4)c4ccccc34)cccc12. The van der Waals surface area contributed by atoms with Crippen molar-refractivity contribution in [2.24, 2.45) is 0 Å². The Bertz CT molecular complexity index is 2100. The van der Waals surface area contributed by atoms with Crippen LogP contribution in [0.25, 0.3) is 71.8 Å². The van der Waals surface area contributed by atoms with Crippen LogP contribution in [-0.2, 0) is 0 Å². The lowest BCUT2D eigenvalue weighted by atomic mass is 9.84. The van der Waals surface area contributed by atoms with Gasteiger partial charge in [-0.3, -0.25) is 0 Å². The lowest BCUT2D eigenvalue weighted by Crippen LogP contribution is -1.92. The summed E-state index contributed by atoms with van der Waals surface area (Å²) in [6, 6.07) is 50.8. The maximum Gasteiger partial charge on any atom is -0.00201 e. The van der Waals surface area contributed by atoms with Crippen LogP contribution in [0.1, 0.15) is 12.0 Å². The molecule has 0 spiro atoms. The second kappa shape index (κ2) is 11.8. The highest BCUT2D eigenvalue weighted by Crippen LogP contribution is 2.45. The lowest BCUT2D eigenvalue weighted by Gasteiger charge is -2.19. The van der Waals surface area contributed by atoms with Crippen molar-refractivity contribution < 1.29 is 0 Å². The zero-order valence-electron chi connectivity index (χ0n) is 24.1. The lowest BCUT2D eigenvalue weighted by molar-refractivity contribution is 1.41. The molecule has 0 N–H and O–H groups in total. The van der Waals surface area contributed by atoms with Crippen molar-refractivity contribution in [1.82, 2.24) is 0 Å². The molecule has 0 saturated heterocycles. The molecule has 0 heterocycles. The predicted octanol–water partition coefficient (Wildman–Crippen LogP) is 12.3. The fraction of sp³-hybridized carbons (Fsp3) is 0.0233. The van der Waals surface area contributed by atoms with Crippen LogP contribution in [0.5, 0.6) is 0 Å². The van der Waals surface area contributed by atoms with Crippen LogP contribution < -0.4 is 0 Å². The average molecular weight is 549 g/mol. The van der Waals surface area contributed by atoms with Gasteiger partial charge in [-0.05, 0) is 83.7 Å². The second-order valence-corrected chi connectivity index (χ2v) is 10.8. The molecule has 0 heteroatoms. The minimum Gasteiger partial charge on any atom is -0.0991 e. The van der Waals surface area contributed by atoms with E-state index in [1.807, 2.05) is 12.2 Å². The minimum atomic E-state index is 0.879. The van der Waals surface area contributed by atoms with E-state index < -0.39 is 0 Å². The molecule has 0 radical (unpaired) electrons. The van der Waals surface area contributed by atoms with E-state index in [0.717, 1.165) is 6.42 Å². The molecule has 43 heavy (non-hydrogen) atoms. The summed E-state index contributed by atoms with van der Waals surface area (Å²) in [5, 5.41) is 7.60. The maximum absolute atomic E-state index is 3.77. The Balaban J connectivity index is 1.48. The zero-order valence-corrected chi connectivity index (χ0v) is 24.1. The summed E-state index contributed by atoms with van der Waals surface area (Å²) in [4.78, 5) is 0. The van der Waals surface area contributed by atoms with Crippen molar-refractivity contribution in [3.05, 3.63) is 176 Å². The molecule has 0 atom stereocenters. The highest BCUT2D eigenvalue weighted by Gasteiger charge is 2.18. The molecule has 0 amide bonds. The van der Waals surface area contributed by atoms with E-state index in [9.17, 15) is 0 Å². The topological polar surface area (TPSA) is 0 Å². The fourth-order valence-corrected chi connectivity index (χ4v) is 6.36. The Hall–Kier alpha value is -5.46. The molecule has 0 nitrogen and oxygen atoms in total. The van der Waals surface area contributed by atoms with Crippen LogP contribution >= 0.6 is 0 Å². The van der Waals surface area contributed by atoms with E-state index in [2.05, 4.69) is 164 Å². The van der Waals surface area contributed by atoms with Crippen LogP contribution in [-0.4, -0.2) is 0 Å². The smallest absolute Gasteiger partial charge is 0.00201 e. The first kappa shape index (κ1) is 26.4. The van der Waals surface area contributed by atoms with Crippen molar-refractivity contribution >= 4 is 38.4 Å². The number of allylic oxidation sites excluding steroid dienone is 4. The Labute approximate surface area is 253 Å². The Kier molecular flexibility index (Phi) is 7.26. The van der Waals surface area contributed by atoms with Crippen LogP contribution in [0.2, 0.25) is 0 Å². The largest absolute Gasteiger partial charge is 0.0991 e. The molecule has 0 aliphatic heterocycles. The van der Waals surface area contributed by atoms with Gasteiger partial charge in [0.25, 0.3) is 0 Å². The standard InChI is InChI=1S/C43H32/c1-2-3-4-5-7-19-32-20-15-28-36-35(32)27-16-29-37(36)43-40-25-12-10-23-38(40)42(39-24-11-13-26-41(39)43)34-22-14-21-33(30-34)31-17-8-6-9-18-31/h2-4,6-30H,1,5H2/b4-3-,19-7?. The Morgan fingerprint density at radius 1 is 0.442 bits per heavy atom. The van der Waals surface area contributed by atoms with Crippen molar-refractivity contribution in [1.29, 1.82) is 0 Å². The third kappa shape index (κ3) is 4.98. The van der Waals surface area contributed by atoms with E-state index in [1.165, 1.54) is 71.3 Å². The summed E-state index contributed by atoms with van der Waals surface area (Å²) in [7, 11) is 0. The number of hydrogen-bond donors (Lipinski definition) is 0. The molecule has 0 unspecified atom stereocenters. The predicted molar refractivity (Wildman–Crippen MR) is 188 cm³/mol. The summed E-state index contributed by atoms with van der Waals surface area (Å²) in [6.45, 7) is 3.77. The molecule has 7 aromatic rings. The molecule has 0 fully saturated rings. The minimum absolute atomic E-state index is 0.879. The molecule has 204 valence electrons. The van der Waals surface area contributed by atoms with Crippen molar-refractivity contribution in [3.8, 4) is 33.4 Å². The summed E-state index contributed by atoms with van der Waals surface area (Å²) < 4.78 is 0. The maximum atomic E-state index is 3.77. The van der Waals surface area contributed by atoms with E-state index in [0.29, 0.717) is 0 Å². The zero-order chi connectivity index (χ0) is 29.0. The number of hydrogen-bond acceptors (Lipinski definition) is 0. The number of rotatable bonds is 7. The van der Waals surface area contributed by atoms with Gasteiger partial charge in [0.05, 0.1) is 0 Å². The summed E-state index contributed by atoms with van der Waals surface area (Å²) in [5.41, 5.74) is 8.75. The molecule has 0 aromatic heterocycles. The molecule has 7 aromatic carbocycles. The van der Waals surface area contributed by atoms with E-state index >= 15 is 0 Å². The average Bonchev–Trinajstić information content (AvgIpc) is 3.07. The molecular weight excluding hydrogens is 516 g/mol. The van der Waals surface area contributed by atoms with Gasteiger partial charge >= 0.3 is 0 Å². The van der Waals surface area contributed by atoms with Crippen molar-refractivity contribution in [2.45, 2.75) is 6.42 Å². The van der Waals surface area contributed by atoms with E-state index in [4.69, 9.17) is 0 Å². The first-order valence-corrected chi connectivity index (χ1v) is 14.9. The monoisotopic (exact) mass is 548 g/mol. The fourth-order valence-electron chi connectivity index (χ4n) is 6.36. The normalized spacial score (nSPS) is 11.7. The third-order valence-electron chi connectivity index (χ3n) is 8.26. The summed E-state index contributed by atoms with van der Waals surface area (Å²) in [6.07, 6.45) is 11.3. The van der Waals surface area contributed by atoms with Gasteiger partial charge < -0.3 is 0 Å². The van der Waals surface area contributed by atoms with Gasteiger partial charge in [-0.15, -0.1) is 0 Å². The van der Waals surface area contributed by atoms with Crippen LogP contribution in [0.15, 0.2) is 170 Å². The van der Waals surface area contributed by atoms with E-state index in [1.54, 1.807) is 0 Å². The van der Waals surface area contributed by atoms with Crippen LogP contribution in [0.4, 0.5) is 0 Å². The molecule has 0 aliphatic carbocycles. The molecular formula is C43H32. The summed E-state index contributed by atoms with van der Waals surface area (Å²) >= 11 is 0. The van der Waals surface area contributed by atoms with Crippen molar-refractivity contribution in [2.75, 3.05) is 0 Å². The number of fused-ring (bicyclic) bond motifs is 3. The Morgan fingerprint density at radius 2 is 1.00 bits per heavy atom. The van der Waals surface area contributed by atoms with Gasteiger partial charge in [-0.2, -0.15) is 0 Å². The quantitative estimate of drug-likeness (QED) is 0.137. The molecule has 0 bridgehead atoms. The van der Waals surface area contributed by atoms with Gasteiger partial charge in [-0.1, -0.05) is 170 Å². The van der Waals surface area contributed by atoms with Gasteiger partial charge in [0, 0.05) is 0 Å². The first-order chi connectivity index (χ1) is 21.3. The van der Waals surface area contributed by atoms with Crippen LogP contribution in [0.3, 0.4) is 0 Å². The number of benzene rings is 7. The summed E-state index contributed by atoms with van der Waals surface area (Å²) in [5.74, 6) is 0. The van der Waals surface area contributed by atoms with Crippen molar-refractivity contribution in [3.63, 3.8) is 0 Å². The van der Waals surface area contributed by atoms with Gasteiger partial charge in [-0.25, -0.2) is 0 Å². The van der Waals surface area contributed by atoms with Gasteiger partial charge in [0.15, 0.2) is 0 Å². The highest BCUT2D eigenvalue weighted by atomic mass is 14.2. The van der Waals surface area contributed by atoms with E-state index in [-0.39, 0.29) is 0 Å². The third-order valence-corrected chi connectivity index (χ3v) is 8.26. The molecule has 0 aliphatic rings. The second-order valence-electron chi connectivity index (χ2n) is 10.8.